The molecule has 1 saturated heterocycles. The van der Waals surface area contributed by atoms with E-state index in [4.69, 9.17) is 0 Å². The summed E-state index contributed by atoms with van der Waals surface area (Å²) in [5.74, 6) is -2.14. The van der Waals surface area contributed by atoms with Crippen molar-refractivity contribution in [2.24, 2.45) is 0 Å². The Labute approximate surface area is 360 Å². The molecule has 60 heavy (non-hydrogen) atoms. The molecule has 0 spiro atoms. The summed E-state index contributed by atoms with van der Waals surface area (Å²) in [6.45, 7) is 13.1. The zero-order valence-electron chi connectivity index (χ0n) is 33.4. The van der Waals surface area contributed by atoms with Gasteiger partial charge in [0, 0.05) is 57.5 Å². The van der Waals surface area contributed by atoms with Crippen molar-refractivity contribution < 1.29 is 17.6 Å². The number of fused-ring (bicyclic) bond motifs is 4. The number of likely N-dealkylation sites (N-methyl/N-ethyl adjacent to an activating group) is 2. The first-order chi connectivity index (χ1) is 29.1. The average Bonchev–Trinajstić information content (AvgIpc) is 4.08. The van der Waals surface area contributed by atoms with Gasteiger partial charge >= 0.3 is 0 Å². The number of likely N-dealkylation sites (tertiary alicyclic amines) is 1. The van der Waals surface area contributed by atoms with Crippen LogP contribution in [0.15, 0.2) is 65.9 Å². The lowest BCUT2D eigenvalue weighted by Gasteiger charge is -2.38. The molecule has 0 aliphatic carbocycles. The minimum atomic E-state index is -0.672. The van der Waals surface area contributed by atoms with Crippen LogP contribution in [0.3, 0.4) is 0 Å². The monoisotopic (exact) mass is 886 g/mol. The van der Waals surface area contributed by atoms with Crippen LogP contribution in [-0.2, 0) is 0 Å². The molecule has 3 atom stereocenters. The van der Waals surface area contributed by atoms with E-state index in [1.165, 1.54) is 62.7 Å². The maximum Gasteiger partial charge on any atom is 0.176 e. The molecule has 8 aromatic rings. The number of halogens is 4. The SMILES string of the molecule is CCN1CCC=C(c2cc3c(Nc4c(F)cc5scnc5c4F)ccnc3s2)[C@H]1C.CCN1CCCC(c2cc3c(Nc4c(F)cc5scnc5c4F)ccnc3s2)[C@H]1C. The van der Waals surface area contributed by atoms with E-state index >= 15 is 0 Å². The summed E-state index contributed by atoms with van der Waals surface area (Å²) < 4.78 is 60.0. The number of thiazole rings is 2. The van der Waals surface area contributed by atoms with Crippen LogP contribution in [-0.4, -0.2) is 68.0 Å². The van der Waals surface area contributed by atoms with Gasteiger partial charge in [-0.25, -0.2) is 37.5 Å². The largest absolute Gasteiger partial charge is 0.350 e. The van der Waals surface area contributed by atoms with Crippen LogP contribution in [0.25, 0.3) is 46.4 Å². The summed E-state index contributed by atoms with van der Waals surface area (Å²) in [6, 6.07) is 11.2. The maximum atomic E-state index is 14.9. The summed E-state index contributed by atoms with van der Waals surface area (Å²) in [7, 11) is 0. The Bertz CT molecular complexity index is 2880. The number of aromatic nitrogens is 4. The van der Waals surface area contributed by atoms with Gasteiger partial charge in [-0.05, 0) is 94.7 Å². The molecule has 0 saturated carbocycles. The normalized spacial score (nSPS) is 18.9. The molecule has 0 bridgehead atoms. The second-order valence-corrected chi connectivity index (χ2v) is 18.9. The van der Waals surface area contributed by atoms with Crippen molar-refractivity contribution in [3.05, 3.63) is 98.9 Å². The number of piperidine rings is 1. The Balaban J connectivity index is 0.000000154. The van der Waals surface area contributed by atoms with Gasteiger partial charge in [0.25, 0.3) is 0 Å². The van der Waals surface area contributed by atoms with E-state index in [1.54, 1.807) is 47.2 Å². The number of nitrogens with zero attached hydrogens (tertiary/aromatic N) is 6. The highest BCUT2D eigenvalue weighted by molar-refractivity contribution is 7.20. The van der Waals surface area contributed by atoms with Gasteiger partial charge in [0.15, 0.2) is 23.3 Å². The predicted octanol–water partition coefficient (Wildman–Crippen LogP) is 12.9. The lowest BCUT2D eigenvalue weighted by molar-refractivity contribution is 0.148. The molecule has 8 heterocycles. The molecule has 1 fully saturated rings. The van der Waals surface area contributed by atoms with Crippen molar-refractivity contribution in [3.8, 4) is 0 Å². The first-order valence-corrected chi connectivity index (χ1v) is 23.4. The van der Waals surface area contributed by atoms with Crippen molar-refractivity contribution in [2.45, 2.75) is 65.0 Å². The van der Waals surface area contributed by atoms with Crippen LogP contribution in [0, 0.1) is 23.3 Å². The van der Waals surface area contributed by atoms with Gasteiger partial charge in [0.1, 0.15) is 32.1 Å². The number of thiophene rings is 2. The van der Waals surface area contributed by atoms with Crippen LogP contribution in [0.2, 0.25) is 0 Å². The topological polar surface area (TPSA) is 82.1 Å². The first kappa shape index (κ1) is 40.8. The minimum Gasteiger partial charge on any atom is -0.350 e. The summed E-state index contributed by atoms with van der Waals surface area (Å²) in [5.41, 5.74) is 5.64. The van der Waals surface area contributed by atoms with Crippen LogP contribution in [0.1, 0.15) is 62.6 Å². The third kappa shape index (κ3) is 7.55. The molecule has 2 N–H and O–H groups in total. The molecular weight excluding hydrogens is 845 g/mol. The molecule has 2 aliphatic heterocycles. The number of anilines is 4. The van der Waals surface area contributed by atoms with E-state index in [-0.39, 0.29) is 22.4 Å². The van der Waals surface area contributed by atoms with Gasteiger partial charge in [-0.3, -0.25) is 4.90 Å². The molecular formula is C44H42F4N8S4. The number of pyridine rings is 2. The fourth-order valence-corrected chi connectivity index (χ4v) is 12.3. The van der Waals surface area contributed by atoms with Crippen molar-refractivity contribution in [1.29, 1.82) is 0 Å². The summed E-state index contributed by atoms with van der Waals surface area (Å²) in [6.07, 6.45) is 9.00. The predicted molar refractivity (Wildman–Crippen MR) is 243 cm³/mol. The Kier molecular flexibility index (Phi) is 11.6. The summed E-state index contributed by atoms with van der Waals surface area (Å²) in [4.78, 5) is 26.2. The Morgan fingerprint density at radius 3 is 1.90 bits per heavy atom. The molecule has 2 aliphatic rings. The highest BCUT2D eigenvalue weighted by Crippen LogP contribution is 2.42. The smallest absolute Gasteiger partial charge is 0.176 e. The molecule has 0 radical (unpaired) electrons. The van der Waals surface area contributed by atoms with E-state index in [0.717, 1.165) is 64.3 Å². The van der Waals surface area contributed by atoms with Crippen LogP contribution >= 0.6 is 45.3 Å². The zero-order valence-corrected chi connectivity index (χ0v) is 36.6. The highest BCUT2D eigenvalue weighted by Gasteiger charge is 2.30. The van der Waals surface area contributed by atoms with Gasteiger partial charge < -0.3 is 15.5 Å². The number of hydrogen-bond donors (Lipinski definition) is 2. The highest BCUT2D eigenvalue weighted by atomic mass is 32.1. The van der Waals surface area contributed by atoms with E-state index in [0.29, 0.717) is 38.8 Å². The lowest BCUT2D eigenvalue weighted by atomic mass is 9.89. The van der Waals surface area contributed by atoms with E-state index < -0.39 is 23.3 Å². The van der Waals surface area contributed by atoms with Crippen molar-refractivity contribution in [3.63, 3.8) is 0 Å². The van der Waals surface area contributed by atoms with Gasteiger partial charge in [-0.2, -0.15) is 0 Å². The lowest BCUT2D eigenvalue weighted by Crippen LogP contribution is -2.41. The quantitative estimate of drug-likeness (QED) is 0.146. The van der Waals surface area contributed by atoms with E-state index in [2.05, 4.69) is 86.3 Å². The van der Waals surface area contributed by atoms with Crippen LogP contribution in [0.5, 0.6) is 0 Å². The average molecular weight is 887 g/mol. The number of rotatable bonds is 8. The molecule has 6 aromatic heterocycles. The van der Waals surface area contributed by atoms with Gasteiger partial charge in [-0.1, -0.05) is 19.9 Å². The second-order valence-electron chi connectivity index (χ2n) is 15.0. The number of hydrogen-bond acceptors (Lipinski definition) is 12. The molecule has 2 aromatic carbocycles. The molecule has 10 rings (SSSR count). The van der Waals surface area contributed by atoms with Crippen LogP contribution < -0.4 is 10.6 Å². The number of benzene rings is 2. The summed E-state index contributed by atoms with van der Waals surface area (Å²) in [5, 5.41) is 7.70. The van der Waals surface area contributed by atoms with Gasteiger partial charge in [-0.15, -0.1) is 45.3 Å². The summed E-state index contributed by atoms with van der Waals surface area (Å²) >= 11 is 5.73. The van der Waals surface area contributed by atoms with Crippen molar-refractivity contribution in [2.75, 3.05) is 36.8 Å². The van der Waals surface area contributed by atoms with Gasteiger partial charge in [0.05, 0.1) is 31.8 Å². The van der Waals surface area contributed by atoms with Crippen molar-refractivity contribution in [1.82, 2.24) is 29.7 Å². The fourth-order valence-electron chi connectivity index (χ4n) is 8.53. The van der Waals surface area contributed by atoms with Crippen LogP contribution in [0.4, 0.5) is 40.3 Å². The Morgan fingerprint density at radius 2 is 1.30 bits per heavy atom. The first-order valence-electron chi connectivity index (χ1n) is 20.0. The molecule has 8 nitrogen and oxygen atoms in total. The molecule has 1 unspecified atom stereocenters. The third-order valence-electron chi connectivity index (χ3n) is 11.8. The minimum absolute atomic E-state index is 0.170. The number of nitrogens with one attached hydrogen (secondary N) is 2. The zero-order chi connectivity index (χ0) is 41.7. The molecule has 310 valence electrons. The van der Waals surface area contributed by atoms with E-state index in [1.807, 2.05) is 0 Å². The third-order valence-corrected chi connectivity index (χ3v) is 15.6. The Hall–Kier alpha value is -4.58. The molecule has 16 heteroatoms. The Morgan fingerprint density at radius 1 is 0.717 bits per heavy atom. The second kappa shape index (κ2) is 17.1. The van der Waals surface area contributed by atoms with E-state index in [9.17, 15) is 17.6 Å². The fraction of sp³-hybridized carbons (Fsp3) is 0.318. The standard InChI is InChI=1S/C22H22F2N4S2.C22H20F2N4S2/c2*1-3-28-8-4-5-13(12(28)2)17-9-14-16(6-7-25-22(14)30-17)27-20-15(23)10-18-21(19(20)24)26-11-29-18/h6-7,9-13H,3-5,8H2,1-2H3,(H,25,27);5-7,9-12H,3-4,8H2,1-2H3,(H,25,27)/t12-,13?;12-/m11/s1. The maximum absolute atomic E-state index is 14.9. The molecule has 0 amide bonds. The van der Waals surface area contributed by atoms with Crippen molar-refractivity contribution >= 4 is 115 Å². The van der Waals surface area contributed by atoms with Gasteiger partial charge in [0.2, 0.25) is 0 Å².